The van der Waals surface area contributed by atoms with Gasteiger partial charge < -0.3 is 14.8 Å². The molecule has 3 heterocycles. The molecule has 0 bridgehead atoms. The van der Waals surface area contributed by atoms with Gasteiger partial charge in [0.15, 0.2) is 17.2 Å². The quantitative estimate of drug-likeness (QED) is 0.888. The van der Waals surface area contributed by atoms with Crippen LogP contribution in [-0.2, 0) is 7.05 Å². The second-order valence-corrected chi connectivity index (χ2v) is 5.35. The van der Waals surface area contributed by atoms with Gasteiger partial charge in [-0.15, -0.1) is 0 Å². The summed E-state index contributed by atoms with van der Waals surface area (Å²) >= 11 is 0. The van der Waals surface area contributed by atoms with Crippen LogP contribution in [0.4, 0.5) is 5.69 Å². The average Bonchev–Trinajstić information content (AvgIpc) is 3.05. The van der Waals surface area contributed by atoms with Crippen molar-refractivity contribution in [3.05, 3.63) is 35.2 Å². The first-order valence-corrected chi connectivity index (χ1v) is 6.99. The van der Waals surface area contributed by atoms with Gasteiger partial charge >= 0.3 is 0 Å². The Bertz CT molecular complexity index is 857. The third kappa shape index (κ3) is 1.63. The van der Waals surface area contributed by atoms with Crippen LogP contribution in [0.1, 0.15) is 32.6 Å². The van der Waals surface area contributed by atoms with E-state index >= 15 is 0 Å². The summed E-state index contributed by atoms with van der Waals surface area (Å²) in [4.78, 5) is 26.7. The van der Waals surface area contributed by atoms with Crippen LogP contribution in [0.25, 0.3) is 0 Å². The first-order chi connectivity index (χ1) is 11.1. The third-order valence-corrected chi connectivity index (χ3v) is 4.12. The van der Waals surface area contributed by atoms with Crippen molar-refractivity contribution in [2.45, 2.75) is 6.17 Å². The fourth-order valence-corrected chi connectivity index (χ4v) is 3.16. The minimum absolute atomic E-state index is 0.232. The number of methoxy groups -OCH3 is 2. The summed E-state index contributed by atoms with van der Waals surface area (Å²) in [6, 6.07) is 3.49. The van der Waals surface area contributed by atoms with Crippen molar-refractivity contribution in [3.63, 3.8) is 0 Å². The molecule has 0 fully saturated rings. The number of hydrogen-bond donors (Lipinski definition) is 1. The highest BCUT2D eigenvalue weighted by Crippen LogP contribution is 2.46. The molecule has 1 atom stereocenters. The van der Waals surface area contributed by atoms with Crippen molar-refractivity contribution < 1.29 is 19.1 Å². The van der Waals surface area contributed by atoms with Crippen molar-refractivity contribution >= 4 is 17.5 Å². The van der Waals surface area contributed by atoms with Crippen molar-refractivity contribution in [1.29, 1.82) is 0 Å². The Balaban J connectivity index is 1.95. The lowest BCUT2D eigenvalue weighted by Gasteiger charge is -2.29. The van der Waals surface area contributed by atoms with E-state index in [-0.39, 0.29) is 17.5 Å². The number of aryl methyl sites for hydroxylation is 1. The van der Waals surface area contributed by atoms with Gasteiger partial charge in [-0.3, -0.25) is 19.2 Å². The smallest absolute Gasteiger partial charge is 0.275 e. The van der Waals surface area contributed by atoms with Crippen LogP contribution in [0.2, 0.25) is 0 Å². The molecular formula is C15H14N4O4. The topological polar surface area (TPSA) is 85.7 Å². The highest BCUT2D eigenvalue weighted by molar-refractivity contribution is 6.17. The van der Waals surface area contributed by atoms with Gasteiger partial charge in [-0.25, -0.2) is 0 Å². The zero-order valence-electron chi connectivity index (χ0n) is 12.8. The molecule has 1 unspecified atom stereocenters. The van der Waals surface area contributed by atoms with Crippen LogP contribution in [0.3, 0.4) is 0 Å². The number of carbonyl (C=O) groups is 2. The number of fused-ring (bicyclic) bond motifs is 5. The predicted molar refractivity (Wildman–Crippen MR) is 79.8 cm³/mol. The van der Waals surface area contributed by atoms with Gasteiger partial charge in [0.25, 0.3) is 11.8 Å². The van der Waals surface area contributed by atoms with Crippen LogP contribution in [-0.4, -0.2) is 35.8 Å². The molecule has 4 rings (SSSR count). The SMILES string of the molecule is COc1ccc2c(c1OC)C(=O)N1c3cn(C)nc3C(=O)NC21. The fourth-order valence-electron chi connectivity index (χ4n) is 3.16. The second-order valence-electron chi connectivity index (χ2n) is 5.35. The number of nitrogens with zero attached hydrogens (tertiary/aromatic N) is 3. The molecule has 0 saturated carbocycles. The number of benzene rings is 1. The Labute approximate surface area is 131 Å². The zero-order valence-corrected chi connectivity index (χ0v) is 12.8. The molecule has 1 N–H and O–H groups in total. The van der Waals surface area contributed by atoms with Gasteiger partial charge in [-0.1, -0.05) is 6.07 Å². The predicted octanol–water partition coefficient (Wildman–Crippen LogP) is 0.840. The minimum Gasteiger partial charge on any atom is -0.493 e. The maximum absolute atomic E-state index is 13.0. The van der Waals surface area contributed by atoms with Crippen molar-refractivity contribution in [1.82, 2.24) is 15.1 Å². The number of nitrogens with one attached hydrogen (secondary N) is 1. The number of rotatable bonds is 2. The largest absolute Gasteiger partial charge is 0.493 e. The van der Waals surface area contributed by atoms with Crippen molar-refractivity contribution in [2.24, 2.45) is 7.05 Å². The molecular weight excluding hydrogens is 300 g/mol. The molecule has 8 nitrogen and oxygen atoms in total. The molecule has 8 heteroatoms. The fraction of sp³-hybridized carbons (Fsp3) is 0.267. The van der Waals surface area contributed by atoms with Gasteiger partial charge in [-0.05, 0) is 6.07 Å². The lowest BCUT2D eigenvalue weighted by Crippen LogP contribution is -2.44. The first-order valence-electron chi connectivity index (χ1n) is 6.99. The van der Waals surface area contributed by atoms with E-state index in [2.05, 4.69) is 10.4 Å². The Hall–Kier alpha value is -3.03. The summed E-state index contributed by atoms with van der Waals surface area (Å²) < 4.78 is 12.1. The zero-order chi connectivity index (χ0) is 16.3. The van der Waals surface area contributed by atoms with Crippen molar-refractivity contribution in [3.8, 4) is 11.5 Å². The summed E-state index contributed by atoms with van der Waals surface area (Å²) in [7, 11) is 4.70. The number of aromatic nitrogens is 2. The lowest BCUT2D eigenvalue weighted by molar-refractivity contribution is 0.0907. The molecule has 1 aromatic heterocycles. The molecule has 0 saturated heterocycles. The molecule has 2 aliphatic rings. The Morgan fingerprint density at radius 2 is 2.00 bits per heavy atom. The van der Waals surface area contributed by atoms with Crippen LogP contribution in [0, 0.1) is 0 Å². The van der Waals surface area contributed by atoms with E-state index in [1.54, 1.807) is 25.4 Å². The minimum atomic E-state index is -0.568. The van der Waals surface area contributed by atoms with E-state index in [1.165, 1.54) is 23.8 Å². The van der Waals surface area contributed by atoms with E-state index in [0.717, 1.165) is 0 Å². The first kappa shape index (κ1) is 13.6. The monoisotopic (exact) mass is 314 g/mol. The normalized spacial score (nSPS) is 18.2. The molecule has 118 valence electrons. The third-order valence-electron chi connectivity index (χ3n) is 4.12. The lowest BCUT2D eigenvalue weighted by atomic mass is 10.1. The summed E-state index contributed by atoms with van der Waals surface area (Å²) in [5.41, 5.74) is 1.80. The van der Waals surface area contributed by atoms with Gasteiger partial charge in [0, 0.05) is 18.8 Å². The van der Waals surface area contributed by atoms with Crippen LogP contribution in [0.15, 0.2) is 18.3 Å². The summed E-state index contributed by atoms with van der Waals surface area (Å²) in [5, 5.41) is 6.94. The molecule has 0 spiro atoms. The number of anilines is 1. The summed E-state index contributed by atoms with van der Waals surface area (Å²) in [6.07, 6.45) is 1.09. The number of carbonyl (C=O) groups excluding carboxylic acids is 2. The van der Waals surface area contributed by atoms with E-state index < -0.39 is 6.17 Å². The van der Waals surface area contributed by atoms with Gasteiger partial charge in [0.1, 0.15) is 6.17 Å². The van der Waals surface area contributed by atoms with E-state index in [4.69, 9.17) is 9.47 Å². The maximum Gasteiger partial charge on any atom is 0.275 e. The van der Waals surface area contributed by atoms with Crippen LogP contribution < -0.4 is 19.7 Å². The van der Waals surface area contributed by atoms with Crippen molar-refractivity contribution in [2.75, 3.05) is 19.1 Å². The van der Waals surface area contributed by atoms with E-state index in [0.29, 0.717) is 28.3 Å². The molecule has 23 heavy (non-hydrogen) atoms. The number of amides is 2. The molecule has 2 aromatic rings. The van der Waals surface area contributed by atoms with Gasteiger partial charge in [0.2, 0.25) is 0 Å². The van der Waals surface area contributed by atoms with Crippen LogP contribution >= 0.6 is 0 Å². The second kappa shape index (κ2) is 4.48. The Kier molecular flexibility index (Phi) is 2.65. The number of hydrogen-bond acceptors (Lipinski definition) is 5. The van der Waals surface area contributed by atoms with E-state index in [1.807, 2.05) is 0 Å². The average molecular weight is 314 g/mol. The summed E-state index contributed by atoms with van der Waals surface area (Å²) in [5.74, 6) is 0.272. The van der Waals surface area contributed by atoms with E-state index in [9.17, 15) is 9.59 Å². The molecule has 0 aliphatic carbocycles. The highest BCUT2D eigenvalue weighted by Gasteiger charge is 2.47. The molecule has 0 radical (unpaired) electrons. The number of ether oxygens (including phenoxy) is 2. The Morgan fingerprint density at radius 3 is 2.70 bits per heavy atom. The van der Waals surface area contributed by atoms with Crippen LogP contribution in [0.5, 0.6) is 11.5 Å². The molecule has 1 aromatic carbocycles. The maximum atomic E-state index is 13.0. The molecule has 2 aliphatic heterocycles. The Morgan fingerprint density at radius 1 is 1.22 bits per heavy atom. The van der Waals surface area contributed by atoms with Gasteiger partial charge in [0.05, 0.1) is 25.5 Å². The summed E-state index contributed by atoms with van der Waals surface area (Å²) in [6.45, 7) is 0. The highest BCUT2D eigenvalue weighted by atomic mass is 16.5. The molecule has 2 amide bonds. The standard InChI is InChI=1S/C15H14N4O4/c1-18-6-8-11(17-18)14(20)16-13-7-4-5-9(22-2)12(23-3)10(7)15(21)19(8)13/h4-6,13H,1-3H3,(H,16,20). The van der Waals surface area contributed by atoms with Gasteiger partial charge in [-0.2, -0.15) is 5.10 Å².